The maximum Gasteiger partial charge on any atom is 0.270 e. The lowest BCUT2D eigenvalue weighted by Crippen LogP contribution is -2.24. The summed E-state index contributed by atoms with van der Waals surface area (Å²) < 4.78 is 0. The summed E-state index contributed by atoms with van der Waals surface area (Å²) in [6.45, 7) is 5.91. The van der Waals surface area contributed by atoms with Crippen molar-refractivity contribution in [3.05, 3.63) is 36.7 Å². The Kier molecular flexibility index (Phi) is 6.60. The lowest BCUT2D eigenvalue weighted by molar-refractivity contribution is 0.0953. The van der Waals surface area contributed by atoms with Crippen LogP contribution in [0, 0.1) is 0 Å². The average Bonchev–Trinajstić information content (AvgIpc) is 2.41. The van der Waals surface area contributed by atoms with E-state index in [1.165, 1.54) is 0 Å². The van der Waals surface area contributed by atoms with Crippen molar-refractivity contribution in [1.29, 1.82) is 0 Å². The standard InChI is InChI=1S/C14H22N4O/c1-4-7-17-14(19)13-11-12(6-9-16-13)15-8-5-10-18(2)3/h4,6,9,11H,1,5,7-8,10H2,2-3H3,(H,15,16)(H,17,19). The second kappa shape index (κ2) is 8.26. The molecule has 1 amide bonds. The number of aromatic nitrogens is 1. The highest BCUT2D eigenvalue weighted by Crippen LogP contribution is 2.07. The Morgan fingerprint density at radius 3 is 3.00 bits per heavy atom. The molecule has 5 heteroatoms. The first-order valence-electron chi connectivity index (χ1n) is 6.37. The molecular formula is C14H22N4O. The smallest absolute Gasteiger partial charge is 0.270 e. The highest BCUT2D eigenvalue weighted by Gasteiger charge is 2.06. The number of carbonyl (C=O) groups is 1. The van der Waals surface area contributed by atoms with Gasteiger partial charge in [-0.1, -0.05) is 6.08 Å². The van der Waals surface area contributed by atoms with Crippen LogP contribution in [0.15, 0.2) is 31.0 Å². The average molecular weight is 262 g/mol. The molecule has 19 heavy (non-hydrogen) atoms. The van der Waals surface area contributed by atoms with E-state index in [0.29, 0.717) is 12.2 Å². The number of hydrogen-bond acceptors (Lipinski definition) is 4. The van der Waals surface area contributed by atoms with Gasteiger partial charge in [0.05, 0.1) is 0 Å². The third kappa shape index (κ3) is 6.01. The molecule has 0 aliphatic rings. The third-order valence-electron chi connectivity index (χ3n) is 2.51. The van der Waals surface area contributed by atoms with E-state index < -0.39 is 0 Å². The van der Waals surface area contributed by atoms with Gasteiger partial charge in [-0.05, 0) is 39.2 Å². The maximum absolute atomic E-state index is 11.7. The second-order valence-corrected chi connectivity index (χ2v) is 4.51. The molecule has 0 spiro atoms. The number of nitrogens with one attached hydrogen (secondary N) is 2. The van der Waals surface area contributed by atoms with E-state index in [4.69, 9.17) is 0 Å². The highest BCUT2D eigenvalue weighted by atomic mass is 16.1. The first-order valence-corrected chi connectivity index (χ1v) is 6.37. The van der Waals surface area contributed by atoms with Crippen LogP contribution in [-0.2, 0) is 0 Å². The van der Waals surface area contributed by atoms with Crippen molar-refractivity contribution in [3.8, 4) is 0 Å². The van der Waals surface area contributed by atoms with Crippen LogP contribution < -0.4 is 10.6 Å². The summed E-state index contributed by atoms with van der Waals surface area (Å²) in [5.74, 6) is -0.183. The van der Waals surface area contributed by atoms with Gasteiger partial charge in [-0.2, -0.15) is 0 Å². The quantitative estimate of drug-likeness (QED) is 0.548. The Bertz CT molecular complexity index is 418. The van der Waals surface area contributed by atoms with Crippen molar-refractivity contribution >= 4 is 11.6 Å². The van der Waals surface area contributed by atoms with Crippen LogP contribution in [-0.4, -0.2) is 49.5 Å². The van der Waals surface area contributed by atoms with E-state index in [0.717, 1.165) is 25.2 Å². The van der Waals surface area contributed by atoms with Crippen LogP contribution in [0.1, 0.15) is 16.9 Å². The molecule has 1 aromatic rings. The van der Waals surface area contributed by atoms with Crippen LogP contribution in [0.3, 0.4) is 0 Å². The summed E-state index contributed by atoms with van der Waals surface area (Å²) in [5, 5.41) is 5.99. The minimum atomic E-state index is -0.183. The monoisotopic (exact) mass is 262 g/mol. The molecule has 0 bridgehead atoms. The van der Waals surface area contributed by atoms with Crippen molar-refractivity contribution in [2.45, 2.75) is 6.42 Å². The second-order valence-electron chi connectivity index (χ2n) is 4.51. The summed E-state index contributed by atoms with van der Waals surface area (Å²) in [6, 6.07) is 3.62. The molecule has 0 unspecified atom stereocenters. The molecule has 0 aliphatic carbocycles. The van der Waals surface area contributed by atoms with E-state index in [9.17, 15) is 4.79 Å². The topological polar surface area (TPSA) is 57.3 Å². The van der Waals surface area contributed by atoms with Crippen molar-refractivity contribution in [3.63, 3.8) is 0 Å². The molecule has 1 rings (SSSR count). The van der Waals surface area contributed by atoms with E-state index in [1.54, 1.807) is 18.3 Å². The Morgan fingerprint density at radius 2 is 2.32 bits per heavy atom. The predicted molar refractivity (Wildman–Crippen MR) is 78.4 cm³/mol. The Hall–Kier alpha value is -1.88. The Balaban J connectivity index is 2.47. The number of carbonyl (C=O) groups excluding carboxylic acids is 1. The summed E-state index contributed by atoms with van der Waals surface area (Å²) in [7, 11) is 4.10. The fraction of sp³-hybridized carbons (Fsp3) is 0.429. The molecule has 0 saturated carbocycles. The van der Waals surface area contributed by atoms with Crippen LogP contribution in [0.4, 0.5) is 5.69 Å². The first-order chi connectivity index (χ1) is 9.13. The van der Waals surface area contributed by atoms with E-state index in [1.807, 2.05) is 6.07 Å². The summed E-state index contributed by atoms with van der Waals surface area (Å²) >= 11 is 0. The molecule has 0 atom stereocenters. The number of amides is 1. The maximum atomic E-state index is 11.7. The van der Waals surface area contributed by atoms with Gasteiger partial charge in [0, 0.05) is 25.0 Å². The predicted octanol–water partition coefficient (Wildman–Crippen LogP) is 1.36. The molecule has 1 aromatic heterocycles. The van der Waals surface area contributed by atoms with Gasteiger partial charge in [-0.25, -0.2) is 0 Å². The molecule has 1 heterocycles. The first kappa shape index (κ1) is 15.2. The largest absolute Gasteiger partial charge is 0.385 e. The SMILES string of the molecule is C=CCNC(=O)c1cc(NCCCN(C)C)ccn1. The zero-order valence-corrected chi connectivity index (χ0v) is 11.6. The van der Waals surface area contributed by atoms with Gasteiger partial charge >= 0.3 is 0 Å². The molecule has 0 fully saturated rings. The van der Waals surface area contributed by atoms with Crippen molar-refractivity contribution < 1.29 is 4.79 Å². The fourth-order valence-corrected chi connectivity index (χ4v) is 1.55. The van der Waals surface area contributed by atoms with Gasteiger partial charge in [0.25, 0.3) is 5.91 Å². The molecule has 5 nitrogen and oxygen atoms in total. The van der Waals surface area contributed by atoms with Crippen molar-refractivity contribution in [1.82, 2.24) is 15.2 Å². The van der Waals surface area contributed by atoms with Gasteiger partial charge in [0.2, 0.25) is 0 Å². The van der Waals surface area contributed by atoms with Crippen LogP contribution in [0.2, 0.25) is 0 Å². The van der Waals surface area contributed by atoms with Gasteiger partial charge in [0.1, 0.15) is 5.69 Å². The van der Waals surface area contributed by atoms with E-state index in [2.05, 4.69) is 41.2 Å². The van der Waals surface area contributed by atoms with Gasteiger partial charge in [-0.15, -0.1) is 6.58 Å². The summed E-state index contributed by atoms with van der Waals surface area (Å²) in [6.07, 6.45) is 4.33. The van der Waals surface area contributed by atoms with E-state index >= 15 is 0 Å². The number of nitrogens with zero attached hydrogens (tertiary/aromatic N) is 2. The number of rotatable bonds is 8. The Morgan fingerprint density at radius 1 is 1.53 bits per heavy atom. The summed E-state index contributed by atoms with van der Waals surface area (Å²) in [4.78, 5) is 17.9. The van der Waals surface area contributed by atoms with Gasteiger partial charge < -0.3 is 15.5 Å². The molecular weight excluding hydrogens is 240 g/mol. The normalized spacial score (nSPS) is 10.3. The van der Waals surface area contributed by atoms with Gasteiger partial charge in [0.15, 0.2) is 0 Å². The number of pyridine rings is 1. The van der Waals surface area contributed by atoms with Gasteiger partial charge in [-0.3, -0.25) is 9.78 Å². The number of anilines is 1. The van der Waals surface area contributed by atoms with Crippen molar-refractivity contribution in [2.24, 2.45) is 0 Å². The molecule has 104 valence electrons. The van der Waals surface area contributed by atoms with E-state index in [-0.39, 0.29) is 5.91 Å². The molecule has 2 N–H and O–H groups in total. The van der Waals surface area contributed by atoms with Crippen LogP contribution in [0.5, 0.6) is 0 Å². The Labute approximate surface area is 114 Å². The van der Waals surface area contributed by atoms with Crippen LogP contribution >= 0.6 is 0 Å². The fourth-order valence-electron chi connectivity index (χ4n) is 1.55. The highest BCUT2D eigenvalue weighted by molar-refractivity contribution is 5.93. The summed E-state index contributed by atoms with van der Waals surface area (Å²) in [5.41, 5.74) is 1.33. The number of hydrogen-bond donors (Lipinski definition) is 2. The third-order valence-corrected chi connectivity index (χ3v) is 2.51. The minimum absolute atomic E-state index is 0.183. The zero-order valence-electron chi connectivity index (χ0n) is 11.6. The molecule has 0 aromatic carbocycles. The molecule has 0 saturated heterocycles. The lowest BCUT2D eigenvalue weighted by Gasteiger charge is -2.11. The van der Waals surface area contributed by atoms with Crippen molar-refractivity contribution in [2.75, 3.05) is 39.0 Å². The zero-order chi connectivity index (χ0) is 14.1. The minimum Gasteiger partial charge on any atom is -0.385 e. The lowest BCUT2D eigenvalue weighted by atomic mass is 10.3. The molecule has 0 aliphatic heterocycles. The van der Waals surface area contributed by atoms with Crippen LogP contribution in [0.25, 0.3) is 0 Å². The molecule has 0 radical (unpaired) electrons.